The van der Waals surface area contributed by atoms with Crippen LogP contribution in [-0.2, 0) is 5.75 Å². The Labute approximate surface area is 143 Å². The second-order valence-corrected chi connectivity index (χ2v) is 6.41. The normalized spacial score (nSPS) is 10.9. The van der Waals surface area contributed by atoms with Crippen molar-refractivity contribution in [1.82, 2.24) is 19.7 Å². The van der Waals surface area contributed by atoms with Crippen LogP contribution in [0.25, 0.3) is 5.69 Å². The molecule has 7 heteroatoms. The van der Waals surface area contributed by atoms with Gasteiger partial charge in [-0.2, -0.15) is 5.10 Å². The van der Waals surface area contributed by atoms with Crippen molar-refractivity contribution < 1.29 is 0 Å². The van der Waals surface area contributed by atoms with Crippen LogP contribution in [0.1, 0.15) is 17.0 Å². The van der Waals surface area contributed by atoms with Crippen LogP contribution in [0.15, 0.2) is 41.6 Å². The van der Waals surface area contributed by atoms with E-state index in [-0.39, 0.29) is 0 Å². The van der Waals surface area contributed by atoms with Gasteiger partial charge in [0.2, 0.25) is 0 Å². The van der Waals surface area contributed by atoms with Crippen LogP contribution in [-0.4, -0.2) is 19.7 Å². The lowest BCUT2D eigenvalue weighted by molar-refractivity contribution is 0.863. The number of aryl methyl sites for hydroxylation is 2. The summed E-state index contributed by atoms with van der Waals surface area (Å²) in [7, 11) is 0. The Kier molecular flexibility index (Phi) is 4.54. The van der Waals surface area contributed by atoms with Crippen molar-refractivity contribution >= 4 is 29.2 Å². The van der Waals surface area contributed by atoms with Crippen molar-refractivity contribution in [3.8, 4) is 5.69 Å². The Bertz CT molecular complexity index is 812. The molecule has 0 saturated carbocycles. The number of benzene rings is 1. The van der Waals surface area contributed by atoms with E-state index in [2.05, 4.69) is 15.1 Å². The monoisotopic (exact) mass is 345 g/mol. The van der Waals surface area contributed by atoms with E-state index in [1.54, 1.807) is 10.7 Å². The van der Waals surface area contributed by atoms with Gasteiger partial charge in [-0.25, -0.2) is 14.6 Å². The van der Waals surface area contributed by atoms with E-state index in [0.717, 1.165) is 22.6 Å². The molecular weight excluding hydrogens is 330 g/mol. The average molecular weight is 346 g/mol. The quantitative estimate of drug-likeness (QED) is 0.575. The fraction of sp³-hybridized carbons (Fsp3) is 0.188. The summed E-state index contributed by atoms with van der Waals surface area (Å²) in [5.41, 5.74) is 9.42. The minimum atomic E-state index is 0.475. The number of hydrogen-bond acceptors (Lipinski definition) is 5. The second-order valence-electron chi connectivity index (χ2n) is 5.11. The molecule has 118 valence electrons. The summed E-state index contributed by atoms with van der Waals surface area (Å²) in [4.78, 5) is 8.61. The maximum atomic E-state index is 6.51. The van der Waals surface area contributed by atoms with Crippen molar-refractivity contribution in [2.45, 2.75) is 24.8 Å². The molecule has 0 atom stereocenters. The third kappa shape index (κ3) is 3.48. The van der Waals surface area contributed by atoms with Crippen molar-refractivity contribution in [3.05, 3.63) is 58.5 Å². The molecule has 1 aromatic carbocycles. The number of halogens is 1. The molecule has 3 rings (SSSR count). The van der Waals surface area contributed by atoms with Gasteiger partial charge in [0.05, 0.1) is 11.4 Å². The van der Waals surface area contributed by atoms with Gasteiger partial charge >= 0.3 is 0 Å². The lowest BCUT2D eigenvalue weighted by atomic mass is 10.3. The second kappa shape index (κ2) is 6.60. The summed E-state index contributed by atoms with van der Waals surface area (Å²) >= 11 is 8.01. The van der Waals surface area contributed by atoms with E-state index in [9.17, 15) is 0 Å². The topological polar surface area (TPSA) is 69.6 Å². The summed E-state index contributed by atoms with van der Waals surface area (Å²) in [6, 6.07) is 11.6. The Morgan fingerprint density at radius 2 is 1.91 bits per heavy atom. The molecule has 0 aliphatic rings. The number of para-hydroxylation sites is 1. The standard InChI is InChI=1S/C16H16ClN5S/c1-10-8-14(18)20-16(19-10)23-9-13-11(2)21-22(15(13)17)12-6-4-3-5-7-12/h3-8H,9H2,1-2H3,(H2,18,19,20). The zero-order valence-corrected chi connectivity index (χ0v) is 14.4. The Hall–Kier alpha value is -2.05. The number of nitrogens with two attached hydrogens (primary N) is 1. The predicted octanol–water partition coefficient (Wildman–Crippen LogP) is 3.81. The smallest absolute Gasteiger partial charge is 0.190 e. The summed E-state index contributed by atoms with van der Waals surface area (Å²) < 4.78 is 1.75. The minimum absolute atomic E-state index is 0.475. The first-order valence-electron chi connectivity index (χ1n) is 7.08. The molecule has 0 unspecified atom stereocenters. The summed E-state index contributed by atoms with van der Waals surface area (Å²) in [5.74, 6) is 1.11. The summed E-state index contributed by atoms with van der Waals surface area (Å²) in [6.45, 7) is 3.85. The van der Waals surface area contributed by atoms with Crippen LogP contribution in [0.5, 0.6) is 0 Å². The molecule has 0 saturated heterocycles. The third-order valence-corrected chi connectivity index (χ3v) is 4.58. The van der Waals surface area contributed by atoms with Crippen LogP contribution in [0, 0.1) is 13.8 Å². The first-order valence-corrected chi connectivity index (χ1v) is 8.44. The number of aromatic nitrogens is 4. The van der Waals surface area contributed by atoms with Gasteiger partial charge in [-0.15, -0.1) is 0 Å². The molecule has 5 nitrogen and oxygen atoms in total. The van der Waals surface area contributed by atoms with E-state index < -0.39 is 0 Å². The first kappa shape index (κ1) is 15.8. The van der Waals surface area contributed by atoms with E-state index in [1.165, 1.54) is 11.8 Å². The number of thioether (sulfide) groups is 1. The molecule has 2 N–H and O–H groups in total. The molecule has 0 spiro atoms. The molecule has 0 radical (unpaired) electrons. The fourth-order valence-corrected chi connectivity index (χ4v) is 3.62. The van der Waals surface area contributed by atoms with Crippen LogP contribution in [0.4, 0.5) is 5.82 Å². The minimum Gasteiger partial charge on any atom is -0.384 e. The number of rotatable bonds is 4. The number of nitrogen functional groups attached to an aromatic ring is 1. The Morgan fingerprint density at radius 3 is 2.61 bits per heavy atom. The van der Waals surface area contributed by atoms with Gasteiger partial charge in [0.25, 0.3) is 0 Å². The van der Waals surface area contributed by atoms with Gasteiger partial charge in [0.1, 0.15) is 11.0 Å². The lowest BCUT2D eigenvalue weighted by Crippen LogP contribution is -1.97. The highest BCUT2D eigenvalue weighted by molar-refractivity contribution is 7.98. The highest BCUT2D eigenvalue weighted by Crippen LogP contribution is 2.29. The average Bonchev–Trinajstić information content (AvgIpc) is 2.80. The molecule has 2 heterocycles. The zero-order valence-electron chi connectivity index (χ0n) is 12.8. The van der Waals surface area contributed by atoms with Crippen molar-refractivity contribution in [2.24, 2.45) is 0 Å². The van der Waals surface area contributed by atoms with E-state index in [0.29, 0.717) is 21.9 Å². The summed E-state index contributed by atoms with van der Waals surface area (Å²) in [6.07, 6.45) is 0. The molecule has 0 aliphatic carbocycles. The Morgan fingerprint density at radius 1 is 1.17 bits per heavy atom. The van der Waals surface area contributed by atoms with Crippen LogP contribution in [0.2, 0.25) is 5.15 Å². The van der Waals surface area contributed by atoms with E-state index >= 15 is 0 Å². The third-order valence-electron chi connectivity index (χ3n) is 3.32. The van der Waals surface area contributed by atoms with E-state index in [1.807, 2.05) is 44.2 Å². The highest BCUT2D eigenvalue weighted by Gasteiger charge is 2.15. The number of hydrogen-bond donors (Lipinski definition) is 1. The molecule has 0 fully saturated rings. The van der Waals surface area contributed by atoms with E-state index in [4.69, 9.17) is 17.3 Å². The van der Waals surface area contributed by atoms with Crippen LogP contribution < -0.4 is 5.73 Å². The maximum absolute atomic E-state index is 6.51. The maximum Gasteiger partial charge on any atom is 0.190 e. The van der Waals surface area contributed by atoms with Gasteiger partial charge in [-0.3, -0.25) is 0 Å². The largest absolute Gasteiger partial charge is 0.384 e. The molecule has 0 amide bonds. The fourth-order valence-electron chi connectivity index (χ4n) is 2.20. The van der Waals surface area contributed by atoms with Crippen LogP contribution >= 0.6 is 23.4 Å². The molecule has 0 aliphatic heterocycles. The molecular formula is C16H16ClN5S. The first-order chi connectivity index (χ1) is 11.0. The zero-order chi connectivity index (χ0) is 16.4. The highest BCUT2D eigenvalue weighted by atomic mass is 35.5. The molecule has 23 heavy (non-hydrogen) atoms. The number of anilines is 1. The van der Waals surface area contributed by atoms with Gasteiger partial charge in [-0.1, -0.05) is 41.6 Å². The SMILES string of the molecule is Cc1cc(N)nc(SCc2c(C)nn(-c3ccccc3)c2Cl)n1. The predicted molar refractivity (Wildman–Crippen MR) is 94.1 cm³/mol. The van der Waals surface area contributed by atoms with Crippen molar-refractivity contribution in [1.29, 1.82) is 0 Å². The molecule has 2 aromatic heterocycles. The molecule has 0 bridgehead atoms. The van der Waals surface area contributed by atoms with Gasteiger partial charge in [-0.05, 0) is 26.0 Å². The van der Waals surface area contributed by atoms with Crippen molar-refractivity contribution in [2.75, 3.05) is 5.73 Å². The Balaban J connectivity index is 1.85. The van der Waals surface area contributed by atoms with Gasteiger partial charge in [0, 0.05) is 23.1 Å². The summed E-state index contributed by atoms with van der Waals surface area (Å²) in [5, 5.41) is 5.79. The van der Waals surface area contributed by atoms with Crippen molar-refractivity contribution in [3.63, 3.8) is 0 Å². The van der Waals surface area contributed by atoms with Crippen LogP contribution in [0.3, 0.4) is 0 Å². The lowest BCUT2D eigenvalue weighted by Gasteiger charge is -2.04. The van der Waals surface area contributed by atoms with Gasteiger partial charge in [0.15, 0.2) is 5.16 Å². The van der Waals surface area contributed by atoms with Gasteiger partial charge < -0.3 is 5.73 Å². The molecule has 3 aromatic rings. The number of nitrogens with zero attached hydrogens (tertiary/aromatic N) is 4.